The third kappa shape index (κ3) is 3.64. The predicted octanol–water partition coefficient (Wildman–Crippen LogP) is 4.07. The van der Waals surface area contributed by atoms with Crippen molar-refractivity contribution in [3.05, 3.63) is 28.7 Å². The van der Waals surface area contributed by atoms with Gasteiger partial charge in [0.05, 0.1) is 4.90 Å². The van der Waals surface area contributed by atoms with E-state index in [1.54, 1.807) is 18.2 Å². The number of nitrogens with one attached hydrogen (secondary N) is 1. The third-order valence-corrected chi connectivity index (χ3v) is 7.63. The molecule has 3 nitrogen and oxygen atoms in total. The van der Waals surface area contributed by atoms with Crippen LogP contribution >= 0.6 is 31.9 Å². The number of alkyl halides is 1. The van der Waals surface area contributed by atoms with Crippen LogP contribution in [0.2, 0.25) is 0 Å². The van der Waals surface area contributed by atoms with Crippen LogP contribution in [-0.4, -0.2) is 19.3 Å². The molecule has 0 saturated heterocycles. The van der Waals surface area contributed by atoms with Gasteiger partial charge in [0.15, 0.2) is 0 Å². The van der Waals surface area contributed by atoms with Crippen LogP contribution in [0, 0.1) is 5.92 Å². The zero-order valence-electron chi connectivity index (χ0n) is 11.4. The van der Waals surface area contributed by atoms with Crippen molar-refractivity contribution in [2.75, 3.05) is 5.33 Å². The Hall–Kier alpha value is 0.0900. The monoisotopic (exact) mass is 423 g/mol. The van der Waals surface area contributed by atoms with Crippen molar-refractivity contribution >= 4 is 41.9 Å². The van der Waals surface area contributed by atoms with Gasteiger partial charge in [-0.05, 0) is 59.7 Å². The van der Waals surface area contributed by atoms with E-state index in [1.807, 2.05) is 6.07 Å². The summed E-state index contributed by atoms with van der Waals surface area (Å²) in [7, 11) is -3.51. The van der Waals surface area contributed by atoms with E-state index < -0.39 is 10.0 Å². The molecule has 0 aromatic heterocycles. The van der Waals surface area contributed by atoms with Gasteiger partial charge in [0.2, 0.25) is 10.0 Å². The largest absolute Gasteiger partial charge is 0.242 e. The van der Waals surface area contributed by atoms with Gasteiger partial charge in [0, 0.05) is 15.3 Å². The topological polar surface area (TPSA) is 46.2 Å². The van der Waals surface area contributed by atoms with E-state index in [0.717, 1.165) is 25.7 Å². The van der Waals surface area contributed by atoms with Crippen LogP contribution in [0.1, 0.15) is 32.6 Å². The van der Waals surface area contributed by atoms with Gasteiger partial charge in [-0.1, -0.05) is 35.0 Å². The molecule has 0 heterocycles. The Morgan fingerprint density at radius 3 is 2.45 bits per heavy atom. The lowest BCUT2D eigenvalue weighted by Crippen LogP contribution is -2.51. The molecular formula is C14H19Br2NO2S. The van der Waals surface area contributed by atoms with Gasteiger partial charge >= 0.3 is 0 Å². The van der Waals surface area contributed by atoms with Gasteiger partial charge in [-0.15, -0.1) is 0 Å². The summed E-state index contributed by atoms with van der Waals surface area (Å²) < 4.78 is 28.7. The number of sulfonamides is 1. The SMILES string of the molecule is CC1CCC(CBr)(NS(=O)(=O)c2ccccc2Br)CC1. The predicted molar refractivity (Wildman–Crippen MR) is 88.6 cm³/mol. The first-order chi connectivity index (χ1) is 9.38. The zero-order valence-corrected chi connectivity index (χ0v) is 15.4. The van der Waals surface area contributed by atoms with Gasteiger partial charge < -0.3 is 0 Å². The summed E-state index contributed by atoms with van der Waals surface area (Å²) in [5.41, 5.74) is -0.360. The summed E-state index contributed by atoms with van der Waals surface area (Å²) in [5.74, 6) is 0.676. The molecule has 0 radical (unpaired) electrons. The fourth-order valence-electron chi connectivity index (χ4n) is 2.58. The number of halogens is 2. The summed E-state index contributed by atoms with van der Waals surface area (Å²) in [4.78, 5) is 0.305. The van der Waals surface area contributed by atoms with Crippen molar-refractivity contribution in [3.8, 4) is 0 Å². The van der Waals surface area contributed by atoms with Crippen molar-refractivity contribution in [3.63, 3.8) is 0 Å². The van der Waals surface area contributed by atoms with E-state index in [2.05, 4.69) is 43.5 Å². The zero-order chi connectivity index (χ0) is 14.8. The lowest BCUT2D eigenvalue weighted by atomic mass is 9.79. The van der Waals surface area contributed by atoms with Gasteiger partial charge in [0.25, 0.3) is 0 Å². The smallest absolute Gasteiger partial charge is 0.207 e. The maximum Gasteiger partial charge on any atom is 0.242 e. The average Bonchev–Trinajstić information content (AvgIpc) is 2.42. The second-order valence-corrected chi connectivity index (χ2v) is 8.70. The number of benzene rings is 1. The summed E-state index contributed by atoms with van der Waals surface area (Å²) >= 11 is 6.81. The van der Waals surface area contributed by atoms with Crippen LogP contribution in [0.25, 0.3) is 0 Å². The van der Waals surface area contributed by atoms with Crippen LogP contribution in [0.5, 0.6) is 0 Å². The van der Waals surface area contributed by atoms with Crippen LogP contribution in [0.4, 0.5) is 0 Å². The van der Waals surface area contributed by atoms with Gasteiger partial charge in [-0.3, -0.25) is 0 Å². The summed E-state index contributed by atoms with van der Waals surface area (Å²) in [6.45, 7) is 2.22. The summed E-state index contributed by atoms with van der Waals surface area (Å²) in [5, 5.41) is 0.649. The van der Waals surface area contributed by atoms with E-state index in [1.165, 1.54) is 0 Å². The number of hydrogen-bond acceptors (Lipinski definition) is 2. The Morgan fingerprint density at radius 2 is 1.90 bits per heavy atom. The van der Waals surface area contributed by atoms with Crippen LogP contribution in [-0.2, 0) is 10.0 Å². The highest BCUT2D eigenvalue weighted by molar-refractivity contribution is 9.10. The van der Waals surface area contributed by atoms with Gasteiger partial charge in [0.1, 0.15) is 0 Å². The maximum atomic E-state index is 12.6. The molecule has 0 atom stereocenters. The molecule has 1 N–H and O–H groups in total. The maximum absolute atomic E-state index is 12.6. The Balaban J connectivity index is 2.25. The molecule has 0 bridgehead atoms. The lowest BCUT2D eigenvalue weighted by molar-refractivity contribution is 0.250. The van der Waals surface area contributed by atoms with Crippen LogP contribution in [0.3, 0.4) is 0 Å². The number of hydrogen-bond donors (Lipinski definition) is 1. The minimum absolute atomic E-state index is 0.305. The van der Waals surface area contributed by atoms with Crippen molar-refractivity contribution in [2.45, 2.75) is 43.0 Å². The standard InChI is InChI=1S/C14H19Br2NO2S/c1-11-6-8-14(10-15,9-7-11)17-20(18,19)13-5-3-2-4-12(13)16/h2-5,11,17H,6-10H2,1H3. The first kappa shape index (κ1) is 16.5. The summed E-state index contributed by atoms with van der Waals surface area (Å²) in [6.07, 6.45) is 3.88. The molecule has 0 amide bonds. The Labute approximate surface area is 137 Å². The molecule has 112 valence electrons. The molecule has 1 aliphatic carbocycles. The highest BCUT2D eigenvalue weighted by atomic mass is 79.9. The van der Waals surface area contributed by atoms with E-state index in [9.17, 15) is 8.42 Å². The second-order valence-electron chi connectivity index (χ2n) is 5.63. The van der Waals surface area contributed by atoms with E-state index >= 15 is 0 Å². The van der Waals surface area contributed by atoms with E-state index in [-0.39, 0.29) is 5.54 Å². The quantitative estimate of drug-likeness (QED) is 0.740. The highest BCUT2D eigenvalue weighted by Crippen LogP contribution is 2.35. The third-order valence-electron chi connectivity index (χ3n) is 3.96. The molecule has 1 saturated carbocycles. The molecule has 2 rings (SSSR count). The minimum Gasteiger partial charge on any atom is -0.207 e. The van der Waals surface area contributed by atoms with Crippen molar-refractivity contribution in [1.82, 2.24) is 4.72 Å². The summed E-state index contributed by atoms with van der Waals surface area (Å²) in [6, 6.07) is 6.92. The second kappa shape index (κ2) is 6.46. The molecule has 0 aliphatic heterocycles. The molecule has 0 unspecified atom stereocenters. The fraction of sp³-hybridized carbons (Fsp3) is 0.571. The van der Waals surface area contributed by atoms with Crippen molar-refractivity contribution in [1.29, 1.82) is 0 Å². The first-order valence-corrected chi connectivity index (χ1v) is 10.1. The Morgan fingerprint density at radius 1 is 1.30 bits per heavy atom. The first-order valence-electron chi connectivity index (χ1n) is 6.73. The molecule has 20 heavy (non-hydrogen) atoms. The average molecular weight is 425 g/mol. The normalized spacial score (nSPS) is 27.4. The van der Waals surface area contributed by atoms with Crippen molar-refractivity contribution < 1.29 is 8.42 Å². The molecular weight excluding hydrogens is 406 g/mol. The van der Waals surface area contributed by atoms with E-state index in [4.69, 9.17) is 0 Å². The minimum atomic E-state index is -3.51. The highest BCUT2D eigenvalue weighted by Gasteiger charge is 2.37. The Bertz CT molecular complexity index is 566. The van der Waals surface area contributed by atoms with E-state index in [0.29, 0.717) is 20.6 Å². The molecule has 0 spiro atoms. The molecule has 1 aromatic rings. The molecule has 1 aromatic carbocycles. The van der Waals surface area contributed by atoms with Crippen molar-refractivity contribution in [2.24, 2.45) is 5.92 Å². The molecule has 1 fully saturated rings. The van der Waals surface area contributed by atoms with Gasteiger partial charge in [-0.25, -0.2) is 13.1 Å². The Kier molecular flexibility index (Phi) is 5.32. The fourth-order valence-corrected chi connectivity index (χ4v) is 5.93. The van der Waals surface area contributed by atoms with Gasteiger partial charge in [-0.2, -0.15) is 0 Å². The molecule has 6 heteroatoms. The number of rotatable bonds is 4. The lowest BCUT2D eigenvalue weighted by Gasteiger charge is -2.38. The van der Waals surface area contributed by atoms with Crippen LogP contribution in [0.15, 0.2) is 33.6 Å². The molecule has 1 aliphatic rings. The van der Waals surface area contributed by atoms with Crippen LogP contribution < -0.4 is 4.72 Å².